The Hall–Kier alpha value is -1.13. The van der Waals surface area contributed by atoms with E-state index in [4.69, 9.17) is 5.73 Å². The monoisotopic (exact) mass is 314 g/mol. The highest BCUT2D eigenvalue weighted by Crippen LogP contribution is 2.22. The molecule has 1 fully saturated rings. The highest BCUT2D eigenvalue weighted by molar-refractivity contribution is 5.85. The van der Waals surface area contributed by atoms with Crippen molar-refractivity contribution < 1.29 is 9.18 Å². The van der Waals surface area contributed by atoms with Gasteiger partial charge in [0.05, 0.1) is 0 Å². The maximum Gasteiger partial charge on any atom is 0.222 e. The zero-order valence-electron chi connectivity index (χ0n) is 12.3. The molecule has 0 bridgehead atoms. The van der Waals surface area contributed by atoms with Crippen LogP contribution >= 0.6 is 12.4 Å². The lowest BCUT2D eigenvalue weighted by atomic mass is 9.90. The lowest BCUT2D eigenvalue weighted by molar-refractivity contribution is -0.132. The van der Waals surface area contributed by atoms with E-state index in [1.165, 1.54) is 6.07 Å². The summed E-state index contributed by atoms with van der Waals surface area (Å²) in [7, 11) is 0. The van der Waals surface area contributed by atoms with Crippen molar-refractivity contribution in [1.29, 1.82) is 0 Å². The highest BCUT2D eigenvalue weighted by atomic mass is 35.5. The predicted octanol–water partition coefficient (Wildman–Crippen LogP) is 2.77. The van der Waals surface area contributed by atoms with Crippen LogP contribution in [-0.4, -0.2) is 30.4 Å². The first-order chi connectivity index (χ1) is 9.69. The number of hydrogen-bond donors (Lipinski definition) is 1. The van der Waals surface area contributed by atoms with Crippen molar-refractivity contribution in [3.05, 3.63) is 35.6 Å². The van der Waals surface area contributed by atoms with Crippen LogP contribution in [0.1, 0.15) is 31.2 Å². The summed E-state index contributed by atoms with van der Waals surface area (Å²) in [5.74, 6) is 0.604. The molecule has 0 atom stereocenters. The number of likely N-dealkylation sites (tertiary alicyclic amines) is 1. The van der Waals surface area contributed by atoms with E-state index in [1.807, 2.05) is 11.0 Å². The summed E-state index contributed by atoms with van der Waals surface area (Å²) in [4.78, 5) is 13.8. The Bertz CT molecular complexity index is 448. The van der Waals surface area contributed by atoms with Gasteiger partial charge in [0.15, 0.2) is 0 Å². The molecule has 0 unspecified atom stereocenters. The number of piperidine rings is 1. The van der Waals surface area contributed by atoms with E-state index in [-0.39, 0.29) is 24.1 Å². The van der Waals surface area contributed by atoms with Crippen LogP contribution in [0.25, 0.3) is 0 Å². The minimum atomic E-state index is -0.170. The molecule has 1 aliphatic heterocycles. The Kier molecular flexibility index (Phi) is 7.68. The number of hydrogen-bond acceptors (Lipinski definition) is 2. The molecule has 1 aliphatic rings. The van der Waals surface area contributed by atoms with E-state index >= 15 is 0 Å². The SMILES string of the molecule is Cl.NCCCC(=O)N1CCC(Cc2cccc(F)c2)CC1. The summed E-state index contributed by atoms with van der Waals surface area (Å²) < 4.78 is 13.1. The van der Waals surface area contributed by atoms with Gasteiger partial charge in [0.2, 0.25) is 5.91 Å². The Morgan fingerprint density at radius 3 is 2.67 bits per heavy atom. The van der Waals surface area contributed by atoms with Crippen LogP contribution in [0.5, 0.6) is 0 Å². The van der Waals surface area contributed by atoms with E-state index < -0.39 is 0 Å². The molecule has 3 nitrogen and oxygen atoms in total. The van der Waals surface area contributed by atoms with Crippen LogP contribution < -0.4 is 5.73 Å². The van der Waals surface area contributed by atoms with Crippen molar-refractivity contribution in [3.8, 4) is 0 Å². The number of halogens is 2. The zero-order chi connectivity index (χ0) is 14.4. The van der Waals surface area contributed by atoms with Gasteiger partial charge >= 0.3 is 0 Å². The lowest BCUT2D eigenvalue weighted by Crippen LogP contribution is -2.39. The Morgan fingerprint density at radius 2 is 2.05 bits per heavy atom. The van der Waals surface area contributed by atoms with Gasteiger partial charge in [-0.05, 0) is 55.8 Å². The molecule has 1 amide bonds. The van der Waals surface area contributed by atoms with E-state index in [9.17, 15) is 9.18 Å². The number of carbonyl (C=O) groups excluding carboxylic acids is 1. The normalized spacial score (nSPS) is 15.6. The Balaban J connectivity index is 0.00000220. The van der Waals surface area contributed by atoms with Gasteiger partial charge in [-0.25, -0.2) is 4.39 Å². The third-order valence-corrected chi connectivity index (χ3v) is 3.98. The molecule has 2 N–H and O–H groups in total. The van der Waals surface area contributed by atoms with Crippen LogP contribution in [0.15, 0.2) is 24.3 Å². The van der Waals surface area contributed by atoms with Crippen molar-refractivity contribution >= 4 is 18.3 Å². The molecule has 2 rings (SSSR count). The predicted molar refractivity (Wildman–Crippen MR) is 84.9 cm³/mol. The number of nitrogens with two attached hydrogens (primary N) is 1. The van der Waals surface area contributed by atoms with Gasteiger partial charge in [-0.2, -0.15) is 0 Å². The minimum absolute atomic E-state index is 0. The summed E-state index contributed by atoms with van der Waals surface area (Å²) in [6.07, 6.45) is 4.24. The molecule has 0 aromatic heterocycles. The Morgan fingerprint density at radius 1 is 1.33 bits per heavy atom. The van der Waals surface area contributed by atoms with Crippen LogP contribution in [0.4, 0.5) is 4.39 Å². The molecular weight excluding hydrogens is 291 g/mol. The molecule has 0 saturated carbocycles. The third-order valence-electron chi connectivity index (χ3n) is 3.98. The second kappa shape index (κ2) is 9.00. The molecule has 5 heteroatoms. The number of carbonyl (C=O) groups is 1. The van der Waals surface area contributed by atoms with Crippen molar-refractivity contribution in [2.45, 2.75) is 32.1 Å². The maximum absolute atomic E-state index is 13.1. The van der Waals surface area contributed by atoms with Gasteiger partial charge in [-0.3, -0.25) is 4.79 Å². The minimum Gasteiger partial charge on any atom is -0.343 e. The van der Waals surface area contributed by atoms with E-state index in [0.717, 1.165) is 44.3 Å². The van der Waals surface area contributed by atoms with Crippen LogP contribution in [-0.2, 0) is 11.2 Å². The van der Waals surface area contributed by atoms with Gasteiger partial charge in [0, 0.05) is 19.5 Å². The van der Waals surface area contributed by atoms with Crippen molar-refractivity contribution in [1.82, 2.24) is 4.90 Å². The first-order valence-corrected chi connectivity index (χ1v) is 7.41. The van der Waals surface area contributed by atoms with Gasteiger partial charge in [-0.1, -0.05) is 12.1 Å². The number of benzene rings is 1. The van der Waals surface area contributed by atoms with Gasteiger partial charge in [0.1, 0.15) is 5.82 Å². The molecule has 1 saturated heterocycles. The molecule has 0 radical (unpaired) electrons. The number of rotatable bonds is 5. The maximum atomic E-state index is 13.1. The van der Waals surface area contributed by atoms with Crippen molar-refractivity contribution in [2.75, 3.05) is 19.6 Å². The fourth-order valence-electron chi connectivity index (χ4n) is 2.80. The summed E-state index contributed by atoms with van der Waals surface area (Å²) in [6, 6.07) is 6.82. The summed E-state index contributed by atoms with van der Waals surface area (Å²) in [5.41, 5.74) is 6.48. The van der Waals surface area contributed by atoms with Crippen molar-refractivity contribution in [2.24, 2.45) is 11.7 Å². The first kappa shape index (κ1) is 17.9. The van der Waals surface area contributed by atoms with Gasteiger partial charge in [-0.15, -0.1) is 12.4 Å². The summed E-state index contributed by atoms with van der Waals surface area (Å²) >= 11 is 0. The summed E-state index contributed by atoms with van der Waals surface area (Å²) in [5, 5.41) is 0. The van der Waals surface area contributed by atoms with Crippen LogP contribution in [0, 0.1) is 11.7 Å². The van der Waals surface area contributed by atoms with Gasteiger partial charge in [0.25, 0.3) is 0 Å². The van der Waals surface area contributed by atoms with Gasteiger partial charge < -0.3 is 10.6 Å². The molecule has 1 aromatic carbocycles. The smallest absolute Gasteiger partial charge is 0.222 e. The average molecular weight is 315 g/mol. The fraction of sp³-hybridized carbons (Fsp3) is 0.562. The van der Waals surface area contributed by atoms with E-state index in [1.54, 1.807) is 12.1 Å². The van der Waals surface area contributed by atoms with Crippen molar-refractivity contribution in [3.63, 3.8) is 0 Å². The largest absolute Gasteiger partial charge is 0.343 e. The molecule has 1 aromatic rings. The fourth-order valence-corrected chi connectivity index (χ4v) is 2.80. The molecule has 0 aliphatic carbocycles. The lowest BCUT2D eigenvalue weighted by Gasteiger charge is -2.32. The zero-order valence-corrected chi connectivity index (χ0v) is 13.1. The first-order valence-electron chi connectivity index (χ1n) is 7.41. The van der Waals surface area contributed by atoms with E-state index in [0.29, 0.717) is 18.9 Å². The topological polar surface area (TPSA) is 46.3 Å². The Labute approximate surface area is 132 Å². The average Bonchev–Trinajstić information content (AvgIpc) is 2.45. The second-order valence-corrected chi connectivity index (χ2v) is 5.55. The van der Waals surface area contributed by atoms with E-state index in [2.05, 4.69) is 0 Å². The van der Waals surface area contributed by atoms with Crippen LogP contribution in [0.2, 0.25) is 0 Å². The number of amides is 1. The van der Waals surface area contributed by atoms with Crippen LogP contribution in [0.3, 0.4) is 0 Å². The number of nitrogens with zero attached hydrogens (tertiary/aromatic N) is 1. The summed E-state index contributed by atoms with van der Waals surface area (Å²) in [6.45, 7) is 2.22. The molecular formula is C16H24ClFN2O. The second-order valence-electron chi connectivity index (χ2n) is 5.55. The quantitative estimate of drug-likeness (QED) is 0.908. The molecule has 0 spiro atoms. The molecule has 21 heavy (non-hydrogen) atoms. The molecule has 1 heterocycles. The third kappa shape index (κ3) is 5.64. The molecule has 118 valence electrons. The highest BCUT2D eigenvalue weighted by Gasteiger charge is 2.22. The standard InChI is InChI=1S/C16H23FN2O.ClH/c17-15-4-1-3-14(12-15)11-13-6-9-19(10-7-13)16(20)5-2-8-18;/h1,3-4,12-13H,2,5-11,18H2;1H.